The first-order chi connectivity index (χ1) is 7.27. The van der Waals surface area contributed by atoms with Crippen molar-refractivity contribution in [2.45, 2.75) is 25.7 Å². The van der Waals surface area contributed by atoms with E-state index < -0.39 is 0 Å². The molecular weight excluding hydrogens is 188 g/mol. The maximum atomic E-state index is 11.5. The van der Waals surface area contributed by atoms with Gasteiger partial charge in [-0.2, -0.15) is 0 Å². The Hall–Kier alpha value is -1.31. The normalized spacial score (nSPS) is 23.6. The summed E-state index contributed by atoms with van der Waals surface area (Å²) in [5, 5.41) is 0. The highest BCUT2D eigenvalue weighted by Crippen LogP contribution is 2.50. The quantitative estimate of drug-likeness (QED) is 0.707. The third-order valence-corrected chi connectivity index (χ3v) is 3.21. The first-order valence-corrected chi connectivity index (χ1v) is 5.45. The molecule has 1 saturated carbocycles. The van der Waals surface area contributed by atoms with Crippen molar-refractivity contribution >= 4 is 5.97 Å². The molecule has 0 radical (unpaired) electrons. The van der Waals surface area contributed by atoms with Gasteiger partial charge < -0.3 is 4.74 Å². The van der Waals surface area contributed by atoms with Crippen molar-refractivity contribution in [3.8, 4) is 0 Å². The predicted molar refractivity (Wildman–Crippen MR) is 58.9 cm³/mol. The van der Waals surface area contributed by atoms with Crippen LogP contribution < -0.4 is 0 Å². The van der Waals surface area contributed by atoms with E-state index in [4.69, 9.17) is 4.74 Å². The van der Waals surface area contributed by atoms with Crippen LogP contribution in [0.2, 0.25) is 0 Å². The Bertz CT molecular complexity index is 371. The molecule has 0 amide bonds. The summed E-state index contributed by atoms with van der Waals surface area (Å²) >= 11 is 0. The minimum atomic E-state index is -0.215. The zero-order valence-electron chi connectivity index (χ0n) is 9.19. The molecule has 2 nitrogen and oxygen atoms in total. The summed E-state index contributed by atoms with van der Waals surface area (Å²) in [6.07, 6.45) is 2.41. The van der Waals surface area contributed by atoms with E-state index in [1.807, 2.05) is 24.3 Å². The molecule has 1 aliphatic rings. The maximum Gasteiger partial charge on any atom is 0.338 e. The van der Waals surface area contributed by atoms with Gasteiger partial charge in [0.2, 0.25) is 0 Å². The summed E-state index contributed by atoms with van der Waals surface area (Å²) in [4.78, 5) is 11.5. The van der Waals surface area contributed by atoms with E-state index in [1.54, 1.807) is 0 Å². The predicted octanol–water partition coefficient (Wildman–Crippen LogP) is 2.99. The van der Waals surface area contributed by atoms with E-state index >= 15 is 0 Å². The monoisotopic (exact) mass is 204 g/mol. The molecule has 0 bridgehead atoms. The Morgan fingerprint density at radius 3 is 2.80 bits per heavy atom. The summed E-state index contributed by atoms with van der Waals surface area (Å²) in [7, 11) is 1.43. The number of hydrogen-bond donors (Lipinski definition) is 0. The minimum Gasteiger partial charge on any atom is -0.465 e. The SMILES string of the molecule is CC[C@H]1C[C@@H]1c1ccccc1C(=O)OC. The van der Waals surface area contributed by atoms with Crippen LogP contribution in [0.1, 0.15) is 41.6 Å². The van der Waals surface area contributed by atoms with E-state index in [0.29, 0.717) is 5.92 Å². The Morgan fingerprint density at radius 2 is 2.20 bits per heavy atom. The molecule has 0 N–H and O–H groups in total. The number of benzene rings is 1. The van der Waals surface area contributed by atoms with Gasteiger partial charge in [0, 0.05) is 0 Å². The van der Waals surface area contributed by atoms with E-state index in [2.05, 4.69) is 6.92 Å². The number of methoxy groups -OCH3 is 1. The van der Waals surface area contributed by atoms with Crippen molar-refractivity contribution in [1.82, 2.24) is 0 Å². The fourth-order valence-corrected chi connectivity index (χ4v) is 2.20. The third-order valence-electron chi connectivity index (χ3n) is 3.21. The van der Waals surface area contributed by atoms with Gasteiger partial charge >= 0.3 is 5.97 Å². The molecule has 2 rings (SSSR count). The molecule has 0 saturated heterocycles. The van der Waals surface area contributed by atoms with Crippen molar-refractivity contribution in [3.63, 3.8) is 0 Å². The molecule has 80 valence electrons. The van der Waals surface area contributed by atoms with Gasteiger partial charge in [-0.15, -0.1) is 0 Å². The van der Waals surface area contributed by atoms with Gasteiger partial charge in [-0.3, -0.25) is 0 Å². The number of ether oxygens (including phenoxy) is 1. The van der Waals surface area contributed by atoms with E-state index in [-0.39, 0.29) is 5.97 Å². The topological polar surface area (TPSA) is 26.3 Å². The lowest BCUT2D eigenvalue weighted by Gasteiger charge is -2.06. The molecule has 15 heavy (non-hydrogen) atoms. The molecule has 1 aromatic rings. The third kappa shape index (κ3) is 1.89. The summed E-state index contributed by atoms with van der Waals surface area (Å²) in [5.41, 5.74) is 1.90. The Morgan fingerprint density at radius 1 is 1.47 bits per heavy atom. The van der Waals surface area contributed by atoms with E-state index in [1.165, 1.54) is 20.0 Å². The lowest BCUT2D eigenvalue weighted by molar-refractivity contribution is 0.0599. The van der Waals surface area contributed by atoms with Gasteiger partial charge in [-0.1, -0.05) is 31.5 Å². The first-order valence-electron chi connectivity index (χ1n) is 5.45. The van der Waals surface area contributed by atoms with Gasteiger partial charge in [0.25, 0.3) is 0 Å². The summed E-state index contributed by atoms with van der Waals surface area (Å²) in [6, 6.07) is 7.78. The molecule has 0 spiro atoms. The van der Waals surface area contributed by atoms with E-state index in [9.17, 15) is 4.79 Å². The molecule has 2 heteroatoms. The summed E-state index contributed by atoms with van der Waals surface area (Å²) in [6.45, 7) is 2.20. The molecule has 1 fully saturated rings. The lowest BCUT2D eigenvalue weighted by atomic mass is 10.0. The lowest BCUT2D eigenvalue weighted by Crippen LogP contribution is -2.05. The molecule has 1 aromatic carbocycles. The van der Waals surface area contributed by atoms with Crippen molar-refractivity contribution in [2.24, 2.45) is 5.92 Å². The first kappa shape index (κ1) is 10.2. The average Bonchev–Trinajstić information content (AvgIpc) is 3.07. The number of esters is 1. The second-order valence-corrected chi connectivity index (χ2v) is 4.09. The fourth-order valence-electron chi connectivity index (χ4n) is 2.20. The number of carbonyl (C=O) groups is 1. The molecule has 0 heterocycles. The van der Waals surface area contributed by atoms with Crippen LogP contribution >= 0.6 is 0 Å². The number of rotatable bonds is 3. The highest BCUT2D eigenvalue weighted by molar-refractivity contribution is 5.91. The Kier molecular flexibility index (Phi) is 2.76. The smallest absolute Gasteiger partial charge is 0.338 e. The van der Waals surface area contributed by atoms with Crippen LogP contribution in [0.5, 0.6) is 0 Å². The zero-order valence-corrected chi connectivity index (χ0v) is 9.19. The second kappa shape index (κ2) is 4.05. The van der Waals surface area contributed by atoms with E-state index in [0.717, 1.165) is 17.0 Å². The molecule has 1 aliphatic carbocycles. The minimum absolute atomic E-state index is 0.215. The molecule has 0 aromatic heterocycles. The van der Waals surface area contributed by atoms with Crippen LogP contribution in [-0.2, 0) is 4.74 Å². The van der Waals surface area contributed by atoms with Crippen LogP contribution in [0.4, 0.5) is 0 Å². The van der Waals surface area contributed by atoms with Gasteiger partial charge in [0.05, 0.1) is 12.7 Å². The van der Waals surface area contributed by atoms with Crippen LogP contribution in [-0.4, -0.2) is 13.1 Å². The van der Waals surface area contributed by atoms with Crippen molar-refractivity contribution < 1.29 is 9.53 Å². The Balaban J connectivity index is 2.27. The summed E-state index contributed by atoms with van der Waals surface area (Å²) in [5.74, 6) is 1.12. The second-order valence-electron chi connectivity index (χ2n) is 4.09. The largest absolute Gasteiger partial charge is 0.465 e. The maximum absolute atomic E-state index is 11.5. The van der Waals surface area contributed by atoms with Crippen molar-refractivity contribution in [2.75, 3.05) is 7.11 Å². The number of hydrogen-bond acceptors (Lipinski definition) is 2. The standard InChI is InChI=1S/C13H16O2/c1-3-9-8-12(9)10-6-4-5-7-11(10)13(14)15-2/h4-7,9,12H,3,8H2,1-2H3/t9-,12-/m0/s1. The van der Waals surface area contributed by atoms with Gasteiger partial charge in [-0.25, -0.2) is 4.79 Å². The summed E-state index contributed by atoms with van der Waals surface area (Å²) < 4.78 is 4.78. The molecular formula is C13H16O2. The van der Waals surface area contributed by atoms with Gasteiger partial charge in [-0.05, 0) is 29.9 Å². The van der Waals surface area contributed by atoms with Gasteiger partial charge in [0.15, 0.2) is 0 Å². The zero-order chi connectivity index (χ0) is 10.8. The van der Waals surface area contributed by atoms with Crippen LogP contribution in [0.15, 0.2) is 24.3 Å². The van der Waals surface area contributed by atoms with Crippen LogP contribution in [0, 0.1) is 5.92 Å². The fraction of sp³-hybridized carbons (Fsp3) is 0.462. The highest BCUT2D eigenvalue weighted by atomic mass is 16.5. The average molecular weight is 204 g/mol. The highest BCUT2D eigenvalue weighted by Gasteiger charge is 2.38. The van der Waals surface area contributed by atoms with Crippen LogP contribution in [0.3, 0.4) is 0 Å². The molecule has 0 unspecified atom stereocenters. The van der Waals surface area contributed by atoms with Crippen molar-refractivity contribution in [3.05, 3.63) is 35.4 Å². The molecule has 0 aliphatic heterocycles. The molecule has 2 atom stereocenters. The van der Waals surface area contributed by atoms with Crippen molar-refractivity contribution in [1.29, 1.82) is 0 Å². The Labute approximate surface area is 90.3 Å². The van der Waals surface area contributed by atoms with Gasteiger partial charge in [0.1, 0.15) is 0 Å². The number of carbonyl (C=O) groups excluding carboxylic acids is 1. The van der Waals surface area contributed by atoms with Crippen LogP contribution in [0.25, 0.3) is 0 Å².